The maximum Gasteiger partial charge on any atom is 0.0756 e. The first-order chi connectivity index (χ1) is 9.83. The third-order valence-corrected chi connectivity index (χ3v) is 4.28. The molecule has 0 aliphatic heterocycles. The van der Waals surface area contributed by atoms with Crippen LogP contribution in [0.4, 0.5) is 0 Å². The van der Waals surface area contributed by atoms with E-state index in [4.69, 9.17) is 4.74 Å². The van der Waals surface area contributed by atoms with Gasteiger partial charge in [-0.2, -0.15) is 0 Å². The van der Waals surface area contributed by atoms with Gasteiger partial charge in [0, 0.05) is 19.1 Å². The highest BCUT2D eigenvalue weighted by Gasteiger charge is 2.30. The Balaban J connectivity index is 2.63. The van der Waals surface area contributed by atoms with Crippen molar-refractivity contribution in [2.24, 2.45) is 5.92 Å². The monoisotopic (exact) mass is 279 g/mol. The Labute approximate surface area is 126 Å². The van der Waals surface area contributed by atoms with E-state index in [1.54, 1.807) is 0 Å². The lowest BCUT2D eigenvalue weighted by molar-refractivity contribution is -0.0190. The van der Waals surface area contributed by atoms with Crippen molar-refractivity contribution >= 4 is 0 Å². The Morgan fingerprint density at radius 2 is 1.95 bits per heavy atom. The molecule has 0 aromatic carbocycles. The van der Waals surface area contributed by atoms with E-state index in [9.17, 15) is 0 Å². The quantitative estimate of drug-likeness (QED) is 0.640. The van der Waals surface area contributed by atoms with Crippen LogP contribution in [0.2, 0.25) is 0 Å². The fourth-order valence-corrected chi connectivity index (χ4v) is 3.30. The summed E-state index contributed by atoms with van der Waals surface area (Å²) in [7, 11) is 0. The molecular formula is C18H33NO. The summed E-state index contributed by atoms with van der Waals surface area (Å²) in [6, 6.07) is 0.471. The molecule has 2 heteroatoms. The van der Waals surface area contributed by atoms with Crippen LogP contribution in [0.25, 0.3) is 0 Å². The molecule has 0 spiro atoms. The fourth-order valence-electron chi connectivity index (χ4n) is 3.30. The Kier molecular flexibility index (Phi) is 9.79. The van der Waals surface area contributed by atoms with Crippen LogP contribution < -0.4 is 5.32 Å². The first-order valence-corrected chi connectivity index (χ1v) is 8.58. The molecule has 0 aromatic heterocycles. The largest absolute Gasteiger partial charge is 0.377 e. The van der Waals surface area contributed by atoms with Crippen molar-refractivity contribution in [2.75, 3.05) is 13.2 Å². The summed E-state index contributed by atoms with van der Waals surface area (Å²) in [6.07, 6.45) is 10.5. The van der Waals surface area contributed by atoms with Gasteiger partial charge in [0.1, 0.15) is 0 Å². The average Bonchev–Trinajstić information content (AvgIpc) is 2.50. The second-order valence-electron chi connectivity index (χ2n) is 5.84. The summed E-state index contributed by atoms with van der Waals surface area (Å²) in [5, 5.41) is 3.72. The van der Waals surface area contributed by atoms with Gasteiger partial charge in [-0.1, -0.05) is 26.2 Å². The van der Waals surface area contributed by atoms with Crippen LogP contribution in [-0.4, -0.2) is 25.3 Å². The summed E-state index contributed by atoms with van der Waals surface area (Å²) in [4.78, 5) is 0. The molecule has 1 aliphatic carbocycles. The van der Waals surface area contributed by atoms with Crippen molar-refractivity contribution in [1.82, 2.24) is 5.32 Å². The molecule has 1 N–H and O–H groups in total. The average molecular weight is 279 g/mol. The normalized spacial score (nSPS) is 19.1. The van der Waals surface area contributed by atoms with Crippen LogP contribution in [0.15, 0.2) is 0 Å². The first kappa shape index (κ1) is 17.5. The number of hydrogen-bond acceptors (Lipinski definition) is 2. The smallest absolute Gasteiger partial charge is 0.0756 e. The minimum atomic E-state index is 0.380. The predicted molar refractivity (Wildman–Crippen MR) is 86.8 cm³/mol. The molecule has 2 atom stereocenters. The molecule has 2 nitrogen and oxygen atoms in total. The molecular weight excluding hydrogens is 246 g/mol. The molecule has 20 heavy (non-hydrogen) atoms. The SMILES string of the molecule is CC#CCCC(NCCC)C(OCC)C1CCCCC1. The van der Waals surface area contributed by atoms with Gasteiger partial charge in [0.05, 0.1) is 6.10 Å². The topological polar surface area (TPSA) is 21.3 Å². The lowest BCUT2D eigenvalue weighted by Gasteiger charge is -2.36. The Bertz CT molecular complexity index is 286. The van der Waals surface area contributed by atoms with Crippen LogP contribution >= 0.6 is 0 Å². The molecule has 0 saturated heterocycles. The molecule has 1 aliphatic rings. The summed E-state index contributed by atoms with van der Waals surface area (Å²) in [6.45, 7) is 8.19. The van der Waals surface area contributed by atoms with Gasteiger partial charge in [0.25, 0.3) is 0 Å². The third-order valence-electron chi connectivity index (χ3n) is 4.28. The van der Waals surface area contributed by atoms with Crippen molar-refractivity contribution in [1.29, 1.82) is 0 Å². The zero-order chi connectivity index (χ0) is 14.6. The van der Waals surface area contributed by atoms with Crippen molar-refractivity contribution in [2.45, 2.75) is 84.3 Å². The van der Waals surface area contributed by atoms with Gasteiger partial charge < -0.3 is 10.1 Å². The van der Waals surface area contributed by atoms with Crippen molar-refractivity contribution in [3.8, 4) is 11.8 Å². The highest BCUT2D eigenvalue weighted by molar-refractivity contribution is 4.97. The van der Waals surface area contributed by atoms with Gasteiger partial charge in [-0.25, -0.2) is 0 Å². The minimum Gasteiger partial charge on any atom is -0.377 e. The summed E-state index contributed by atoms with van der Waals surface area (Å²) < 4.78 is 6.16. The maximum atomic E-state index is 6.16. The Hall–Kier alpha value is -0.520. The zero-order valence-corrected chi connectivity index (χ0v) is 13.7. The van der Waals surface area contributed by atoms with Gasteiger partial charge in [-0.15, -0.1) is 11.8 Å². The van der Waals surface area contributed by atoms with Gasteiger partial charge in [0.2, 0.25) is 0 Å². The van der Waals surface area contributed by atoms with Crippen molar-refractivity contribution in [3.05, 3.63) is 0 Å². The highest BCUT2D eigenvalue weighted by Crippen LogP contribution is 2.30. The second-order valence-corrected chi connectivity index (χ2v) is 5.84. The molecule has 116 valence electrons. The van der Waals surface area contributed by atoms with E-state index < -0.39 is 0 Å². The number of rotatable bonds is 9. The number of nitrogens with one attached hydrogen (secondary N) is 1. The van der Waals surface area contributed by atoms with Gasteiger partial charge >= 0.3 is 0 Å². The molecule has 1 rings (SSSR count). The fraction of sp³-hybridized carbons (Fsp3) is 0.889. The Morgan fingerprint density at radius 3 is 2.55 bits per heavy atom. The van der Waals surface area contributed by atoms with E-state index in [0.717, 1.165) is 31.9 Å². The highest BCUT2D eigenvalue weighted by atomic mass is 16.5. The minimum absolute atomic E-state index is 0.380. The van der Waals surface area contributed by atoms with E-state index in [-0.39, 0.29) is 0 Å². The lowest BCUT2D eigenvalue weighted by atomic mass is 9.81. The summed E-state index contributed by atoms with van der Waals surface area (Å²) in [5.74, 6) is 6.96. The molecule has 0 aromatic rings. The van der Waals surface area contributed by atoms with Crippen molar-refractivity contribution in [3.63, 3.8) is 0 Å². The predicted octanol–water partition coefficient (Wildman–Crippen LogP) is 4.14. The maximum absolute atomic E-state index is 6.16. The third kappa shape index (κ3) is 6.29. The molecule has 0 heterocycles. The number of ether oxygens (including phenoxy) is 1. The summed E-state index contributed by atoms with van der Waals surface area (Å²) in [5.41, 5.74) is 0. The molecule has 1 saturated carbocycles. The van der Waals surface area contributed by atoms with E-state index in [0.29, 0.717) is 12.1 Å². The van der Waals surface area contributed by atoms with Crippen LogP contribution in [-0.2, 0) is 4.74 Å². The molecule has 0 amide bonds. The van der Waals surface area contributed by atoms with Crippen LogP contribution in [0.1, 0.15) is 72.1 Å². The van der Waals surface area contributed by atoms with Crippen LogP contribution in [0.5, 0.6) is 0 Å². The first-order valence-electron chi connectivity index (χ1n) is 8.58. The van der Waals surface area contributed by atoms with Gasteiger partial charge in [-0.3, -0.25) is 0 Å². The number of hydrogen-bond donors (Lipinski definition) is 1. The van der Waals surface area contributed by atoms with Gasteiger partial charge in [-0.05, 0) is 52.0 Å². The van der Waals surface area contributed by atoms with Gasteiger partial charge in [0.15, 0.2) is 0 Å². The van der Waals surface area contributed by atoms with Crippen LogP contribution in [0.3, 0.4) is 0 Å². The van der Waals surface area contributed by atoms with Crippen LogP contribution in [0, 0.1) is 17.8 Å². The zero-order valence-electron chi connectivity index (χ0n) is 13.7. The van der Waals surface area contributed by atoms with E-state index >= 15 is 0 Å². The van der Waals surface area contributed by atoms with E-state index in [2.05, 4.69) is 31.0 Å². The van der Waals surface area contributed by atoms with E-state index in [1.165, 1.54) is 38.5 Å². The Morgan fingerprint density at radius 1 is 1.20 bits per heavy atom. The van der Waals surface area contributed by atoms with Crippen molar-refractivity contribution < 1.29 is 4.74 Å². The molecule has 0 radical (unpaired) electrons. The molecule has 2 unspecified atom stereocenters. The summed E-state index contributed by atoms with van der Waals surface area (Å²) >= 11 is 0. The lowest BCUT2D eigenvalue weighted by Crippen LogP contribution is -2.46. The van der Waals surface area contributed by atoms with E-state index in [1.807, 2.05) is 6.92 Å². The standard InChI is InChI=1S/C18H33NO/c1-4-7-9-14-17(19-15-5-2)18(20-6-3)16-12-10-8-11-13-16/h16-19H,5-6,8-15H2,1-3H3. The molecule has 1 fully saturated rings. The molecule has 0 bridgehead atoms. The second kappa shape index (κ2) is 11.2.